The quantitative estimate of drug-likeness (QED) is 0.942. The van der Waals surface area contributed by atoms with Crippen LogP contribution in [-0.4, -0.2) is 21.5 Å². The van der Waals surface area contributed by atoms with Gasteiger partial charge in [-0.25, -0.2) is 0 Å². The molecule has 0 amide bonds. The van der Waals surface area contributed by atoms with Crippen LogP contribution in [0.4, 0.5) is 0 Å². The van der Waals surface area contributed by atoms with Crippen LogP contribution in [-0.2, 0) is 13.0 Å². The molecule has 1 unspecified atom stereocenters. The fourth-order valence-electron chi connectivity index (χ4n) is 2.50. The van der Waals surface area contributed by atoms with Crippen LogP contribution in [0.1, 0.15) is 23.6 Å². The monoisotopic (exact) mass is 306 g/mol. The third kappa shape index (κ3) is 2.47. The minimum Gasteiger partial charge on any atom is -0.308 e. The molecule has 0 bridgehead atoms. The first kappa shape index (κ1) is 11.9. The Hall–Kier alpha value is -1.20. The molecule has 3 rings (SSSR count). The molecule has 0 spiro atoms. The van der Waals surface area contributed by atoms with Crippen molar-refractivity contribution in [3.05, 3.63) is 46.2 Å². The standard InChI is InChI=1S/C13H15BrN4/c14-11-2-3-12-10(9-11)1-4-13(12)15-5-7-18-8-6-16-17-18/h2-3,6,8-9,13,15H,1,4-5,7H2. The lowest BCUT2D eigenvalue weighted by atomic mass is 10.1. The van der Waals surface area contributed by atoms with E-state index in [1.54, 1.807) is 6.20 Å². The summed E-state index contributed by atoms with van der Waals surface area (Å²) in [5.41, 5.74) is 2.90. The number of fused-ring (bicyclic) bond motifs is 1. The van der Waals surface area contributed by atoms with E-state index in [1.165, 1.54) is 22.0 Å². The van der Waals surface area contributed by atoms with Crippen molar-refractivity contribution in [3.8, 4) is 0 Å². The zero-order valence-corrected chi connectivity index (χ0v) is 11.6. The van der Waals surface area contributed by atoms with Crippen molar-refractivity contribution in [1.29, 1.82) is 0 Å². The zero-order valence-electron chi connectivity index (χ0n) is 10.0. The van der Waals surface area contributed by atoms with Crippen molar-refractivity contribution in [1.82, 2.24) is 20.3 Å². The fourth-order valence-corrected chi connectivity index (χ4v) is 2.91. The van der Waals surface area contributed by atoms with Crippen molar-refractivity contribution in [2.24, 2.45) is 0 Å². The third-order valence-electron chi connectivity index (χ3n) is 3.39. The molecule has 18 heavy (non-hydrogen) atoms. The Kier molecular flexibility index (Phi) is 3.43. The molecule has 1 heterocycles. The Morgan fingerprint density at radius 3 is 3.22 bits per heavy atom. The van der Waals surface area contributed by atoms with E-state index in [1.807, 2.05) is 10.9 Å². The molecule has 0 fully saturated rings. The molecule has 0 aliphatic heterocycles. The lowest BCUT2D eigenvalue weighted by molar-refractivity contribution is 0.478. The molecule has 1 aliphatic carbocycles. The van der Waals surface area contributed by atoms with E-state index in [-0.39, 0.29) is 0 Å². The van der Waals surface area contributed by atoms with Crippen LogP contribution in [0.15, 0.2) is 35.1 Å². The maximum absolute atomic E-state index is 3.96. The van der Waals surface area contributed by atoms with Gasteiger partial charge in [-0.1, -0.05) is 27.2 Å². The Morgan fingerprint density at radius 1 is 1.44 bits per heavy atom. The van der Waals surface area contributed by atoms with Crippen LogP contribution in [0, 0.1) is 0 Å². The van der Waals surface area contributed by atoms with Crippen LogP contribution in [0.3, 0.4) is 0 Å². The predicted molar refractivity (Wildman–Crippen MR) is 73.2 cm³/mol. The summed E-state index contributed by atoms with van der Waals surface area (Å²) in [5, 5.41) is 11.3. The second-order valence-electron chi connectivity index (χ2n) is 4.55. The van der Waals surface area contributed by atoms with Crippen LogP contribution in [0.2, 0.25) is 0 Å². The molecule has 0 saturated heterocycles. The largest absolute Gasteiger partial charge is 0.308 e. The van der Waals surface area contributed by atoms with Gasteiger partial charge in [-0.05, 0) is 36.1 Å². The number of hydrogen-bond acceptors (Lipinski definition) is 3. The lowest BCUT2D eigenvalue weighted by Crippen LogP contribution is -2.24. The third-order valence-corrected chi connectivity index (χ3v) is 3.88. The van der Waals surface area contributed by atoms with E-state index in [0.29, 0.717) is 6.04 Å². The first-order valence-corrected chi connectivity index (χ1v) is 6.98. The van der Waals surface area contributed by atoms with E-state index >= 15 is 0 Å². The summed E-state index contributed by atoms with van der Waals surface area (Å²) in [7, 11) is 0. The van der Waals surface area contributed by atoms with E-state index in [9.17, 15) is 0 Å². The summed E-state index contributed by atoms with van der Waals surface area (Å²) in [6.07, 6.45) is 5.95. The summed E-state index contributed by atoms with van der Waals surface area (Å²) in [4.78, 5) is 0. The highest BCUT2D eigenvalue weighted by molar-refractivity contribution is 9.10. The van der Waals surface area contributed by atoms with Gasteiger partial charge in [-0.15, -0.1) is 5.10 Å². The lowest BCUT2D eigenvalue weighted by Gasteiger charge is -2.13. The van der Waals surface area contributed by atoms with Gasteiger partial charge in [0.25, 0.3) is 0 Å². The maximum Gasteiger partial charge on any atom is 0.0692 e. The fraction of sp³-hybridized carbons (Fsp3) is 0.385. The molecule has 2 aromatic rings. The second kappa shape index (κ2) is 5.20. The highest BCUT2D eigenvalue weighted by Gasteiger charge is 2.21. The van der Waals surface area contributed by atoms with Gasteiger partial charge < -0.3 is 5.32 Å². The molecule has 1 aromatic heterocycles. The molecule has 5 heteroatoms. The predicted octanol–water partition coefficient (Wildman–Crippen LogP) is 2.32. The molecule has 4 nitrogen and oxygen atoms in total. The van der Waals surface area contributed by atoms with Gasteiger partial charge in [0.15, 0.2) is 0 Å². The molecule has 0 radical (unpaired) electrons. The number of nitrogens with zero attached hydrogens (tertiary/aromatic N) is 3. The Balaban J connectivity index is 1.59. The Bertz CT molecular complexity index is 524. The Labute approximate surface area is 115 Å². The first-order valence-electron chi connectivity index (χ1n) is 6.19. The van der Waals surface area contributed by atoms with Crippen LogP contribution < -0.4 is 5.32 Å². The zero-order chi connectivity index (χ0) is 12.4. The van der Waals surface area contributed by atoms with Gasteiger partial charge in [-0.3, -0.25) is 4.68 Å². The average Bonchev–Trinajstić information content (AvgIpc) is 2.99. The summed E-state index contributed by atoms with van der Waals surface area (Å²) in [5.74, 6) is 0. The topological polar surface area (TPSA) is 42.7 Å². The highest BCUT2D eigenvalue weighted by atomic mass is 79.9. The maximum atomic E-state index is 3.96. The van der Waals surface area contributed by atoms with Crippen molar-refractivity contribution in [2.75, 3.05) is 6.54 Å². The Morgan fingerprint density at radius 2 is 2.39 bits per heavy atom. The highest BCUT2D eigenvalue weighted by Crippen LogP contribution is 2.32. The molecular weight excluding hydrogens is 292 g/mol. The number of halogens is 1. The van der Waals surface area contributed by atoms with Crippen LogP contribution in [0.5, 0.6) is 0 Å². The summed E-state index contributed by atoms with van der Waals surface area (Å²) in [6.45, 7) is 1.78. The second-order valence-corrected chi connectivity index (χ2v) is 5.47. The number of aromatic nitrogens is 3. The van der Waals surface area contributed by atoms with Gasteiger partial charge in [0.05, 0.1) is 12.7 Å². The van der Waals surface area contributed by atoms with Crippen LogP contribution in [0.25, 0.3) is 0 Å². The van der Waals surface area contributed by atoms with Crippen molar-refractivity contribution in [3.63, 3.8) is 0 Å². The van der Waals surface area contributed by atoms with E-state index in [0.717, 1.165) is 19.5 Å². The SMILES string of the molecule is Brc1ccc2c(c1)CCC2NCCn1ccnn1. The summed E-state index contributed by atoms with van der Waals surface area (Å²) in [6, 6.07) is 7.06. The number of rotatable bonds is 4. The summed E-state index contributed by atoms with van der Waals surface area (Å²) < 4.78 is 3.02. The minimum atomic E-state index is 0.483. The van der Waals surface area contributed by atoms with E-state index < -0.39 is 0 Å². The minimum absolute atomic E-state index is 0.483. The van der Waals surface area contributed by atoms with E-state index in [2.05, 4.69) is 49.8 Å². The van der Waals surface area contributed by atoms with Crippen LogP contribution >= 0.6 is 15.9 Å². The molecule has 1 N–H and O–H groups in total. The molecular formula is C13H15BrN4. The molecule has 94 valence electrons. The molecule has 1 atom stereocenters. The number of aryl methyl sites for hydroxylation is 1. The summed E-state index contributed by atoms with van der Waals surface area (Å²) >= 11 is 3.52. The average molecular weight is 307 g/mol. The molecule has 0 saturated carbocycles. The number of nitrogens with one attached hydrogen (secondary N) is 1. The van der Waals surface area contributed by atoms with E-state index in [4.69, 9.17) is 0 Å². The first-order chi connectivity index (χ1) is 8.83. The molecule has 1 aliphatic rings. The van der Waals surface area contributed by atoms with Gasteiger partial charge in [-0.2, -0.15) is 0 Å². The van der Waals surface area contributed by atoms with Crippen molar-refractivity contribution in [2.45, 2.75) is 25.4 Å². The van der Waals surface area contributed by atoms with Gasteiger partial charge in [0.1, 0.15) is 0 Å². The van der Waals surface area contributed by atoms with Crippen molar-refractivity contribution < 1.29 is 0 Å². The van der Waals surface area contributed by atoms with Gasteiger partial charge >= 0.3 is 0 Å². The smallest absolute Gasteiger partial charge is 0.0692 e. The normalized spacial score (nSPS) is 17.9. The number of hydrogen-bond donors (Lipinski definition) is 1. The molecule has 1 aromatic carbocycles. The van der Waals surface area contributed by atoms with Gasteiger partial charge in [0, 0.05) is 23.3 Å². The number of benzene rings is 1. The van der Waals surface area contributed by atoms with Gasteiger partial charge in [0.2, 0.25) is 0 Å². The van der Waals surface area contributed by atoms with Crippen molar-refractivity contribution >= 4 is 15.9 Å².